The number of hydrogen-bond acceptors (Lipinski definition) is 6. The Morgan fingerprint density at radius 1 is 1.40 bits per heavy atom. The summed E-state index contributed by atoms with van der Waals surface area (Å²) < 4.78 is 20.4. The van der Waals surface area contributed by atoms with E-state index in [4.69, 9.17) is 10.5 Å². The van der Waals surface area contributed by atoms with E-state index < -0.39 is 17.3 Å². The maximum absolute atomic E-state index is 14.3. The van der Waals surface area contributed by atoms with Gasteiger partial charge in [0.2, 0.25) is 5.82 Å². The van der Waals surface area contributed by atoms with Gasteiger partial charge < -0.3 is 15.8 Å². The highest BCUT2D eigenvalue weighted by Gasteiger charge is 2.33. The third kappa shape index (κ3) is 3.83. The van der Waals surface area contributed by atoms with Gasteiger partial charge in [0, 0.05) is 23.6 Å². The van der Waals surface area contributed by atoms with Gasteiger partial charge in [-0.25, -0.2) is 14.4 Å². The van der Waals surface area contributed by atoms with E-state index in [1.165, 1.54) is 30.6 Å². The molecule has 1 atom stereocenters. The number of carbonyl (C=O) groups excluding carboxylic acids is 1. The number of amidine groups is 1. The Labute approximate surface area is 151 Å². The largest absolute Gasteiger partial charge is 0.386 e. The highest BCUT2D eigenvalue weighted by atomic mass is 79.9. The van der Waals surface area contributed by atoms with Crippen LogP contribution < -0.4 is 11.1 Å². The van der Waals surface area contributed by atoms with Crippen LogP contribution in [-0.2, 0) is 10.3 Å². The molecule has 0 saturated carbocycles. The Morgan fingerprint density at radius 2 is 2.12 bits per heavy atom. The van der Waals surface area contributed by atoms with Gasteiger partial charge in [-0.1, -0.05) is 0 Å². The fraction of sp³-hybridized carbons (Fsp3) is 0.250. The van der Waals surface area contributed by atoms with Crippen LogP contribution in [0.1, 0.15) is 23.1 Å². The molecular weight excluding hydrogens is 393 g/mol. The fourth-order valence-electron chi connectivity index (χ4n) is 2.51. The van der Waals surface area contributed by atoms with E-state index in [9.17, 15) is 9.18 Å². The first-order chi connectivity index (χ1) is 11.9. The van der Waals surface area contributed by atoms with Gasteiger partial charge in [-0.3, -0.25) is 9.79 Å². The maximum Gasteiger partial charge on any atom is 0.293 e. The first-order valence-electron chi connectivity index (χ1n) is 7.38. The number of benzene rings is 1. The van der Waals surface area contributed by atoms with Gasteiger partial charge in [0.25, 0.3) is 5.91 Å². The number of nitrogens with one attached hydrogen (secondary N) is 1. The Kier molecular flexibility index (Phi) is 4.78. The van der Waals surface area contributed by atoms with E-state index >= 15 is 0 Å². The summed E-state index contributed by atoms with van der Waals surface area (Å²) in [6.07, 6.45) is 2.94. The summed E-state index contributed by atoms with van der Waals surface area (Å²) in [6.45, 7) is 2.13. The van der Waals surface area contributed by atoms with E-state index in [2.05, 4.69) is 36.2 Å². The van der Waals surface area contributed by atoms with Gasteiger partial charge >= 0.3 is 0 Å². The lowest BCUT2D eigenvalue weighted by molar-refractivity contribution is 0.101. The third-order valence-electron chi connectivity index (χ3n) is 3.65. The van der Waals surface area contributed by atoms with Crippen molar-refractivity contribution in [1.29, 1.82) is 0 Å². The molecule has 2 heterocycles. The van der Waals surface area contributed by atoms with E-state index in [0.717, 1.165) is 0 Å². The predicted molar refractivity (Wildman–Crippen MR) is 93.9 cm³/mol. The Bertz CT molecular complexity index is 843. The smallest absolute Gasteiger partial charge is 0.293 e. The quantitative estimate of drug-likeness (QED) is 0.811. The van der Waals surface area contributed by atoms with Crippen molar-refractivity contribution >= 4 is 33.4 Å². The second kappa shape index (κ2) is 6.85. The summed E-state index contributed by atoms with van der Waals surface area (Å²) >= 11 is 3.20. The summed E-state index contributed by atoms with van der Waals surface area (Å²) in [5.74, 6) is -0.657. The van der Waals surface area contributed by atoms with Crippen LogP contribution in [0.3, 0.4) is 0 Å². The molecule has 3 rings (SSSR count). The number of ether oxygens (including phenoxy) is 1. The number of hydrogen-bond donors (Lipinski definition) is 2. The molecule has 1 aliphatic rings. The van der Waals surface area contributed by atoms with Gasteiger partial charge in [-0.2, -0.15) is 0 Å². The average Bonchev–Trinajstić information content (AvgIpc) is 2.57. The lowest BCUT2D eigenvalue weighted by Gasteiger charge is -2.30. The maximum atomic E-state index is 14.3. The second-order valence-electron chi connectivity index (χ2n) is 5.74. The molecule has 1 amide bonds. The zero-order valence-electron chi connectivity index (χ0n) is 13.3. The molecule has 7 nitrogen and oxygen atoms in total. The minimum Gasteiger partial charge on any atom is -0.386 e. The standard InChI is InChI=1S/C16H15BrFN5O2/c1-16(8-25-7-13(19)23-16)11-4-10(2-3-12(11)18)22-15(24)14-20-5-9(17)6-21-14/h2-6H,7-8H2,1H3,(H2,19,23)(H,22,24)/t16-/m0/s1. The van der Waals surface area contributed by atoms with Crippen LogP contribution in [0.4, 0.5) is 10.1 Å². The molecule has 0 spiro atoms. The molecule has 0 bridgehead atoms. The van der Waals surface area contributed by atoms with Gasteiger partial charge in [-0.05, 0) is 41.1 Å². The average molecular weight is 408 g/mol. The van der Waals surface area contributed by atoms with Crippen LogP contribution in [0.2, 0.25) is 0 Å². The number of anilines is 1. The minimum atomic E-state index is -0.957. The molecule has 0 aliphatic carbocycles. The van der Waals surface area contributed by atoms with Crippen molar-refractivity contribution in [1.82, 2.24) is 9.97 Å². The molecule has 3 N–H and O–H groups in total. The molecule has 2 aromatic rings. The number of rotatable bonds is 3. The van der Waals surface area contributed by atoms with Gasteiger partial charge in [0.1, 0.15) is 23.8 Å². The van der Waals surface area contributed by atoms with E-state index in [1.54, 1.807) is 6.92 Å². The number of aromatic nitrogens is 2. The first-order valence-corrected chi connectivity index (χ1v) is 8.17. The van der Waals surface area contributed by atoms with Crippen molar-refractivity contribution in [3.8, 4) is 0 Å². The van der Waals surface area contributed by atoms with Crippen LogP contribution in [-0.4, -0.2) is 34.9 Å². The van der Waals surface area contributed by atoms with E-state index in [1.807, 2.05) is 0 Å². The summed E-state index contributed by atoms with van der Waals surface area (Å²) in [6, 6.07) is 4.23. The van der Waals surface area contributed by atoms with Crippen LogP contribution in [0.15, 0.2) is 40.1 Å². The van der Waals surface area contributed by atoms with Crippen LogP contribution in [0.5, 0.6) is 0 Å². The number of aliphatic imine (C=N–C) groups is 1. The molecule has 25 heavy (non-hydrogen) atoms. The molecule has 1 aromatic carbocycles. The van der Waals surface area contributed by atoms with Crippen molar-refractivity contribution in [3.63, 3.8) is 0 Å². The molecule has 0 saturated heterocycles. The zero-order valence-corrected chi connectivity index (χ0v) is 14.9. The highest BCUT2D eigenvalue weighted by molar-refractivity contribution is 9.10. The Balaban J connectivity index is 1.88. The van der Waals surface area contributed by atoms with Crippen molar-refractivity contribution in [2.75, 3.05) is 18.5 Å². The SMILES string of the molecule is C[C@@]1(c2cc(NC(=O)c3ncc(Br)cn3)ccc2F)COCC(N)=N1. The normalized spacial score (nSPS) is 20.0. The lowest BCUT2D eigenvalue weighted by Crippen LogP contribution is -2.38. The van der Waals surface area contributed by atoms with Gasteiger partial charge in [0.05, 0.1) is 11.1 Å². The number of nitrogens with zero attached hydrogens (tertiary/aromatic N) is 3. The Hall–Kier alpha value is -2.39. The summed E-state index contributed by atoms with van der Waals surface area (Å²) in [7, 11) is 0. The molecule has 0 fully saturated rings. The molecule has 0 radical (unpaired) electrons. The fourth-order valence-corrected chi connectivity index (χ4v) is 2.71. The first kappa shape index (κ1) is 17.4. The lowest BCUT2D eigenvalue weighted by atomic mass is 9.92. The number of amides is 1. The number of nitrogens with two attached hydrogens (primary N) is 1. The molecule has 1 aromatic heterocycles. The van der Waals surface area contributed by atoms with Crippen LogP contribution >= 0.6 is 15.9 Å². The van der Waals surface area contributed by atoms with Crippen molar-refractivity contribution in [3.05, 3.63) is 52.3 Å². The molecule has 1 aliphatic heterocycles. The van der Waals surface area contributed by atoms with Crippen LogP contribution in [0.25, 0.3) is 0 Å². The van der Waals surface area contributed by atoms with Crippen LogP contribution in [0, 0.1) is 5.82 Å². The third-order valence-corrected chi connectivity index (χ3v) is 4.06. The van der Waals surface area contributed by atoms with E-state index in [-0.39, 0.29) is 24.6 Å². The van der Waals surface area contributed by atoms with E-state index in [0.29, 0.717) is 16.0 Å². The summed E-state index contributed by atoms with van der Waals surface area (Å²) in [5, 5.41) is 2.65. The van der Waals surface area contributed by atoms with Crippen molar-refractivity contribution in [2.24, 2.45) is 10.7 Å². The number of carbonyl (C=O) groups is 1. The van der Waals surface area contributed by atoms with Gasteiger partial charge in [0.15, 0.2) is 0 Å². The molecular formula is C16H15BrFN5O2. The molecule has 9 heteroatoms. The highest BCUT2D eigenvalue weighted by Crippen LogP contribution is 2.32. The monoisotopic (exact) mass is 407 g/mol. The van der Waals surface area contributed by atoms with Gasteiger partial charge in [-0.15, -0.1) is 0 Å². The van der Waals surface area contributed by atoms with Crippen molar-refractivity contribution < 1.29 is 13.9 Å². The topological polar surface area (TPSA) is 102 Å². The van der Waals surface area contributed by atoms with Crippen molar-refractivity contribution in [2.45, 2.75) is 12.5 Å². The number of halogens is 2. The Morgan fingerprint density at radius 3 is 2.80 bits per heavy atom. The summed E-state index contributed by atoms with van der Waals surface area (Å²) in [4.78, 5) is 24.4. The minimum absolute atomic E-state index is 0.00329. The second-order valence-corrected chi connectivity index (χ2v) is 6.66. The molecule has 130 valence electrons. The summed E-state index contributed by atoms with van der Waals surface area (Å²) in [5.41, 5.74) is 5.44. The zero-order chi connectivity index (χ0) is 18.0. The predicted octanol–water partition coefficient (Wildman–Crippen LogP) is 2.23. The molecule has 0 unspecified atom stereocenters.